The molecular formula is C56H62O12S. The molecule has 2 saturated heterocycles. The van der Waals surface area contributed by atoms with E-state index in [4.69, 9.17) is 47.4 Å². The van der Waals surface area contributed by atoms with E-state index in [1.54, 1.807) is 0 Å². The molecular weight excluding hydrogens is 897 g/mol. The van der Waals surface area contributed by atoms with Crippen molar-refractivity contribution in [2.24, 2.45) is 0 Å². The first-order valence-corrected chi connectivity index (χ1v) is 25.2. The van der Waals surface area contributed by atoms with Gasteiger partial charge in [-0.25, -0.2) is 8.42 Å². The smallest absolute Gasteiger partial charge is 0.186 e. The van der Waals surface area contributed by atoms with Crippen LogP contribution in [0.3, 0.4) is 0 Å². The monoisotopic (exact) mass is 958 g/mol. The fourth-order valence-corrected chi connectivity index (χ4v) is 10.4. The lowest BCUT2D eigenvalue weighted by atomic mass is 9.98. The molecule has 12 nitrogen and oxygen atoms in total. The van der Waals surface area contributed by atoms with E-state index in [9.17, 15) is 0 Å². The molecule has 2 fully saturated rings. The van der Waals surface area contributed by atoms with E-state index >= 15 is 8.42 Å². The minimum atomic E-state index is -4.12. The zero-order valence-electron chi connectivity index (χ0n) is 39.1. The van der Waals surface area contributed by atoms with Crippen molar-refractivity contribution in [3.8, 4) is 0 Å². The first kappa shape index (κ1) is 50.3. The van der Waals surface area contributed by atoms with E-state index in [1.165, 1.54) is 14.2 Å². The number of methoxy groups -OCH3 is 2. The van der Waals surface area contributed by atoms with Gasteiger partial charge in [0.25, 0.3) is 0 Å². The van der Waals surface area contributed by atoms with Gasteiger partial charge in [0, 0.05) is 14.2 Å². The van der Waals surface area contributed by atoms with Gasteiger partial charge in [0.1, 0.15) is 48.8 Å². The second kappa shape index (κ2) is 25.6. The lowest BCUT2D eigenvalue weighted by Gasteiger charge is -2.46. The maximum Gasteiger partial charge on any atom is 0.186 e. The van der Waals surface area contributed by atoms with Crippen LogP contribution in [0, 0.1) is 0 Å². The lowest BCUT2D eigenvalue weighted by Crippen LogP contribution is -2.63. The molecule has 2 heterocycles. The van der Waals surface area contributed by atoms with Gasteiger partial charge in [-0.15, -0.1) is 0 Å². The minimum Gasteiger partial charge on any atom is -0.368 e. The molecule has 6 aromatic rings. The molecule has 6 aromatic carbocycles. The third kappa shape index (κ3) is 14.5. The highest BCUT2D eigenvalue weighted by Gasteiger charge is 2.53. The molecule has 10 atom stereocenters. The molecule has 0 spiro atoms. The quantitative estimate of drug-likeness (QED) is 0.0577. The van der Waals surface area contributed by atoms with Crippen molar-refractivity contribution in [2.45, 2.75) is 101 Å². The zero-order valence-corrected chi connectivity index (χ0v) is 39.9. The molecule has 8 rings (SSSR count). The summed E-state index contributed by atoms with van der Waals surface area (Å²) in [5.41, 5.74) is 5.49. The third-order valence-corrected chi connectivity index (χ3v) is 13.9. The molecule has 0 N–H and O–H groups in total. The van der Waals surface area contributed by atoms with Gasteiger partial charge >= 0.3 is 0 Å². The summed E-state index contributed by atoms with van der Waals surface area (Å²) in [6.45, 7) is 1.15. The Hall–Kier alpha value is -5.13. The van der Waals surface area contributed by atoms with Crippen molar-refractivity contribution in [3.05, 3.63) is 215 Å². The molecule has 0 saturated carbocycles. The van der Waals surface area contributed by atoms with Crippen molar-refractivity contribution in [2.75, 3.05) is 25.7 Å². The Balaban J connectivity index is 1.10. The maximum absolute atomic E-state index is 15.1. The highest BCUT2D eigenvalue weighted by molar-refractivity contribution is 7.91. The summed E-state index contributed by atoms with van der Waals surface area (Å²) in [6.07, 6.45) is -9.33. The fraction of sp³-hybridized carbons (Fsp3) is 0.357. The Morgan fingerprint density at radius 2 is 0.551 bits per heavy atom. The van der Waals surface area contributed by atoms with E-state index in [-0.39, 0.29) is 39.6 Å². The minimum absolute atomic E-state index is 0.154. The van der Waals surface area contributed by atoms with Gasteiger partial charge in [-0.3, -0.25) is 0 Å². The summed E-state index contributed by atoms with van der Waals surface area (Å²) in [4.78, 5) is 0. The van der Waals surface area contributed by atoms with Gasteiger partial charge in [-0.1, -0.05) is 182 Å². The Bertz CT molecular complexity index is 2300. The number of benzene rings is 6. The van der Waals surface area contributed by atoms with E-state index < -0.39 is 82.8 Å². The Kier molecular flexibility index (Phi) is 18.7. The van der Waals surface area contributed by atoms with Crippen LogP contribution < -0.4 is 0 Å². The van der Waals surface area contributed by atoms with Crippen LogP contribution in [-0.4, -0.2) is 95.6 Å². The highest BCUT2D eigenvalue weighted by Crippen LogP contribution is 2.35. The van der Waals surface area contributed by atoms with E-state index in [0.717, 1.165) is 33.4 Å². The normalized spacial score (nSPS) is 25.0. The number of rotatable bonds is 24. The van der Waals surface area contributed by atoms with Gasteiger partial charge in [0.15, 0.2) is 22.4 Å². The summed E-state index contributed by atoms with van der Waals surface area (Å²) in [7, 11) is -1.10. The second-order valence-electron chi connectivity index (χ2n) is 17.2. The van der Waals surface area contributed by atoms with Crippen LogP contribution in [0.5, 0.6) is 0 Å². The van der Waals surface area contributed by atoms with Crippen LogP contribution in [-0.2, 0) is 96.8 Å². The summed E-state index contributed by atoms with van der Waals surface area (Å²) in [5, 5.41) is 0. The van der Waals surface area contributed by atoms with Gasteiger partial charge in [0.05, 0.1) is 51.1 Å². The van der Waals surface area contributed by atoms with Crippen LogP contribution in [0.1, 0.15) is 33.4 Å². The van der Waals surface area contributed by atoms with E-state index in [1.807, 2.05) is 182 Å². The molecule has 364 valence electrons. The maximum atomic E-state index is 15.1. The Morgan fingerprint density at radius 3 is 0.783 bits per heavy atom. The van der Waals surface area contributed by atoms with E-state index in [0.29, 0.717) is 0 Å². The standard InChI is InChI=1S/C56H62O12S/c1-59-55-53(65-37-45-29-17-7-18-30-45)51(63-35-43-25-13-5-14-26-43)49(61-33-41-21-9-3-10-22-41)47(67-55)39-69(57,58)40-48-50(62-34-42-23-11-4-12-24-42)52(64-36-44-27-15-6-16-28-44)54(56(60-2)68-48)66-38-46-31-19-8-20-32-46/h3-32,47-56H,33-40H2,1-2H3/t47-,48-,49-,50-,51-,52+,53-,54-,55-,56+/m1/s1. The number of hydrogen-bond donors (Lipinski definition) is 0. The van der Waals surface area contributed by atoms with Crippen LogP contribution >= 0.6 is 0 Å². The van der Waals surface area contributed by atoms with Gasteiger partial charge in [-0.2, -0.15) is 0 Å². The number of ether oxygens (including phenoxy) is 10. The zero-order chi connectivity index (χ0) is 47.7. The molecule has 0 aromatic heterocycles. The summed E-state index contributed by atoms with van der Waals surface area (Å²) in [6, 6.07) is 58.4. The van der Waals surface area contributed by atoms with Gasteiger partial charge in [0.2, 0.25) is 0 Å². The van der Waals surface area contributed by atoms with Crippen molar-refractivity contribution in [1.82, 2.24) is 0 Å². The van der Waals surface area contributed by atoms with Crippen LogP contribution in [0.15, 0.2) is 182 Å². The molecule has 2 aliphatic heterocycles. The first-order chi connectivity index (χ1) is 33.9. The average Bonchev–Trinajstić information content (AvgIpc) is 3.39. The number of hydrogen-bond acceptors (Lipinski definition) is 12. The Morgan fingerprint density at radius 1 is 0.333 bits per heavy atom. The molecule has 0 aliphatic carbocycles. The molecule has 0 unspecified atom stereocenters. The van der Waals surface area contributed by atoms with E-state index in [2.05, 4.69) is 0 Å². The predicted octanol–water partition coefficient (Wildman–Crippen LogP) is 8.66. The lowest BCUT2D eigenvalue weighted by molar-refractivity contribution is -0.315. The fourth-order valence-electron chi connectivity index (χ4n) is 8.71. The summed E-state index contributed by atoms with van der Waals surface area (Å²) in [5.74, 6) is -0.954. The number of sulfone groups is 1. The second-order valence-corrected chi connectivity index (χ2v) is 19.4. The Labute approximate surface area is 406 Å². The predicted molar refractivity (Wildman–Crippen MR) is 260 cm³/mol. The summed E-state index contributed by atoms with van der Waals surface area (Å²) < 4.78 is 95.6. The van der Waals surface area contributed by atoms with Crippen LogP contribution in [0.2, 0.25) is 0 Å². The molecule has 69 heavy (non-hydrogen) atoms. The van der Waals surface area contributed by atoms with Crippen molar-refractivity contribution >= 4 is 9.84 Å². The molecule has 2 aliphatic rings. The largest absolute Gasteiger partial charge is 0.368 e. The first-order valence-electron chi connectivity index (χ1n) is 23.4. The van der Waals surface area contributed by atoms with Crippen molar-refractivity contribution in [3.63, 3.8) is 0 Å². The van der Waals surface area contributed by atoms with Crippen LogP contribution in [0.4, 0.5) is 0 Å². The van der Waals surface area contributed by atoms with Gasteiger partial charge in [-0.05, 0) is 33.4 Å². The average molecular weight is 959 g/mol. The molecule has 0 amide bonds. The highest BCUT2D eigenvalue weighted by atomic mass is 32.2. The molecule has 0 radical (unpaired) electrons. The SMILES string of the molecule is CO[C@H]1O[C@H](CS(=O)(=O)C[C@H]2O[C@@H](OC)[C@H](OCc3ccccc3)[C@H](OCc3ccccc3)[C@@H]2OCc2ccccc2)[C@@H](OCc2ccccc2)[C@H](OCc2ccccc2)[C@H]1OCc1ccccc1. The molecule has 13 heteroatoms. The summed E-state index contributed by atoms with van der Waals surface area (Å²) >= 11 is 0. The van der Waals surface area contributed by atoms with Crippen LogP contribution in [0.25, 0.3) is 0 Å². The van der Waals surface area contributed by atoms with Crippen molar-refractivity contribution < 1.29 is 55.8 Å². The van der Waals surface area contributed by atoms with Gasteiger partial charge < -0.3 is 47.4 Å². The molecule has 0 bridgehead atoms. The van der Waals surface area contributed by atoms with Crippen molar-refractivity contribution in [1.29, 1.82) is 0 Å². The third-order valence-electron chi connectivity index (χ3n) is 12.2. The topological polar surface area (TPSA) is 126 Å².